The van der Waals surface area contributed by atoms with Gasteiger partial charge in [-0.25, -0.2) is 0 Å². The number of ether oxygens (including phenoxy) is 1. The van der Waals surface area contributed by atoms with Gasteiger partial charge in [-0.05, 0) is 31.8 Å². The molecule has 1 saturated carbocycles. The monoisotopic (exact) mass is 242 g/mol. The average molecular weight is 242 g/mol. The van der Waals surface area contributed by atoms with E-state index in [1.165, 1.54) is 19.3 Å². The summed E-state index contributed by atoms with van der Waals surface area (Å²) in [6.07, 6.45) is 3.98. The molecular formula is C14H30N2O. The predicted molar refractivity (Wildman–Crippen MR) is 73.4 cm³/mol. The minimum Gasteiger partial charge on any atom is -0.383 e. The first-order valence-corrected chi connectivity index (χ1v) is 6.95. The number of hydrogen-bond acceptors (Lipinski definition) is 3. The van der Waals surface area contributed by atoms with Crippen molar-refractivity contribution in [1.82, 2.24) is 10.2 Å². The van der Waals surface area contributed by atoms with E-state index in [0.717, 1.165) is 19.7 Å². The van der Waals surface area contributed by atoms with Crippen LogP contribution < -0.4 is 5.32 Å². The van der Waals surface area contributed by atoms with Gasteiger partial charge < -0.3 is 10.1 Å². The minimum atomic E-state index is 0.403. The van der Waals surface area contributed by atoms with Gasteiger partial charge in [-0.15, -0.1) is 0 Å². The molecule has 0 aromatic carbocycles. The number of rotatable bonds is 6. The molecule has 1 aliphatic rings. The summed E-state index contributed by atoms with van der Waals surface area (Å²) in [6.45, 7) is 9.92. The first kappa shape index (κ1) is 14.9. The Morgan fingerprint density at radius 3 is 2.71 bits per heavy atom. The molecule has 1 rings (SSSR count). The molecule has 0 aromatic rings. The molecule has 0 spiro atoms. The van der Waals surface area contributed by atoms with Crippen LogP contribution in [0.3, 0.4) is 0 Å². The van der Waals surface area contributed by atoms with E-state index in [9.17, 15) is 0 Å². The van der Waals surface area contributed by atoms with Crippen LogP contribution in [0.1, 0.15) is 40.0 Å². The number of hydrogen-bond donors (Lipinski definition) is 1. The Labute approximate surface area is 107 Å². The molecule has 1 fully saturated rings. The van der Waals surface area contributed by atoms with Gasteiger partial charge in [0, 0.05) is 25.7 Å². The van der Waals surface area contributed by atoms with Crippen molar-refractivity contribution >= 4 is 0 Å². The maximum Gasteiger partial charge on any atom is 0.0589 e. The SMILES string of the molecule is CCNC1C(N(C)CCOC)CCCC1(C)C. The molecule has 2 unspecified atom stereocenters. The molecule has 2 atom stereocenters. The fourth-order valence-electron chi connectivity index (χ4n) is 3.12. The van der Waals surface area contributed by atoms with E-state index in [2.05, 4.69) is 38.0 Å². The van der Waals surface area contributed by atoms with E-state index in [4.69, 9.17) is 4.74 Å². The second kappa shape index (κ2) is 6.72. The van der Waals surface area contributed by atoms with Gasteiger partial charge in [0.2, 0.25) is 0 Å². The lowest BCUT2D eigenvalue weighted by Crippen LogP contribution is -2.58. The summed E-state index contributed by atoms with van der Waals surface area (Å²) in [6, 6.07) is 1.25. The quantitative estimate of drug-likeness (QED) is 0.772. The second-order valence-corrected chi connectivity index (χ2v) is 5.96. The van der Waals surface area contributed by atoms with Crippen LogP contribution in [0, 0.1) is 5.41 Å². The molecule has 0 heterocycles. The lowest BCUT2D eigenvalue weighted by molar-refractivity contribution is 0.0487. The van der Waals surface area contributed by atoms with E-state index in [1.807, 2.05) is 0 Å². The normalized spacial score (nSPS) is 28.6. The van der Waals surface area contributed by atoms with Crippen molar-refractivity contribution in [2.45, 2.75) is 52.1 Å². The molecule has 17 heavy (non-hydrogen) atoms. The molecule has 0 aromatic heterocycles. The molecule has 0 bridgehead atoms. The molecule has 1 N–H and O–H groups in total. The van der Waals surface area contributed by atoms with E-state index in [-0.39, 0.29) is 0 Å². The van der Waals surface area contributed by atoms with Gasteiger partial charge in [0.05, 0.1) is 6.61 Å². The summed E-state index contributed by atoms with van der Waals surface area (Å²) in [5, 5.41) is 3.70. The fourth-order valence-corrected chi connectivity index (χ4v) is 3.12. The number of methoxy groups -OCH3 is 1. The highest BCUT2D eigenvalue weighted by Gasteiger charge is 2.39. The van der Waals surface area contributed by atoms with Gasteiger partial charge in [0.25, 0.3) is 0 Å². The zero-order valence-corrected chi connectivity index (χ0v) is 12.3. The minimum absolute atomic E-state index is 0.403. The molecule has 0 saturated heterocycles. The summed E-state index contributed by atoms with van der Waals surface area (Å²) in [5.74, 6) is 0. The third kappa shape index (κ3) is 3.94. The third-order valence-corrected chi connectivity index (χ3v) is 4.19. The maximum absolute atomic E-state index is 5.19. The number of likely N-dealkylation sites (N-methyl/N-ethyl adjacent to an activating group) is 2. The number of nitrogens with one attached hydrogen (secondary N) is 1. The van der Waals surface area contributed by atoms with Gasteiger partial charge >= 0.3 is 0 Å². The predicted octanol–water partition coefficient (Wildman–Crippen LogP) is 2.12. The van der Waals surface area contributed by atoms with Crippen LogP contribution in [0.4, 0.5) is 0 Å². The van der Waals surface area contributed by atoms with E-state index in [1.54, 1.807) is 7.11 Å². The fraction of sp³-hybridized carbons (Fsp3) is 1.00. The Bertz CT molecular complexity index is 218. The second-order valence-electron chi connectivity index (χ2n) is 5.96. The van der Waals surface area contributed by atoms with Crippen molar-refractivity contribution in [3.05, 3.63) is 0 Å². The van der Waals surface area contributed by atoms with Gasteiger partial charge in [-0.1, -0.05) is 27.2 Å². The third-order valence-electron chi connectivity index (χ3n) is 4.19. The summed E-state index contributed by atoms with van der Waals surface area (Å²) in [5.41, 5.74) is 0.403. The molecule has 102 valence electrons. The molecule has 1 aliphatic carbocycles. The van der Waals surface area contributed by atoms with Crippen molar-refractivity contribution in [1.29, 1.82) is 0 Å². The van der Waals surface area contributed by atoms with Gasteiger partial charge in [-0.3, -0.25) is 4.90 Å². The van der Waals surface area contributed by atoms with Crippen LogP contribution in [0.5, 0.6) is 0 Å². The van der Waals surface area contributed by atoms with Crippen molar-refractivity contribution in [2.75, 3.05) is 33.9 Å². The zero-order chi connectivity index (χ0) is 12.9. The molecule has 0 radical (unpaired) electrons. The largest absolute Gasteiger partial charge is 0.383 e. The topological polar surface area (TPSA) is 24.5 Å². The van der Waals surface area contributed by atoms with Crippen molar-refractivity contribution in [3.63, 3.8) is 0 Å². The van der Waals surface area contributed by atoms with Crippen LogP contribution in [0.2, 0.25) is 0 Å². The first-order valence-electron chi connectivity index (χ1n) is 6.95. The Kier molecular flexibility index (Phi) is 5.90. The van der Waals surface area contributed by atoms with Crippen molar-refractivity contribution < 1.29 is 4.74 Å². The van der Waals surface area contributed by atoms with Crippen molar-refractivity contribution in [3.8, 4) is 0 Å². The van der Waals surface area contributed by atoms with Gasteiger partial charge in [-0.2, -0.15) is 0 Å². The maximum atomic E-state index is 5.19. The van der Waals surface area contributed by atoms with Crippen LogP contribution >= 0.6 is 0 Å². The van der Waals surface area contributed by atoms with Gasteiger partial charge in [0.15, 0.2) is 0 Å². The van der Waals surface area contributed by atoms with Crippen molar-refractivity contribution in [2.24, 2.45) is 5.41 Å². The molecule has 3 heteroatoms. The van der Waals surface area contributed by atoms with E-state index < -0.39 is 0 Å². The molecule has 3 nitrogen and oxygen atoms in total. The lowest BCUT2D eigenvalue weighted by Gasteiger charge is -2.47. The summed E-state index contributed by atoms with van der Waals surface area (Å²) >= 11 is 0. The summed E-state index contributed by atoms with van der Waals surface area (Å²) < 4.78 is 5.19. The van der Waals surface area contributed by atoms with Crippen LogP contribution in [-0.2, 0) is 4.74 Å². The summed E-state index contributed by atoms with van der Waals surface area (Å²) in [4.78, 5) is 2.47. The average Bonchev–Trinajstić information content (AvgIpc) is 2.28. The summed E-state index contributed by atoms with van der Waals surface area (Å²) in [7, 11) is 4.01. The smallest absolute Gasteiger partial charge is 0.0589 e. The highest BCUT2D eigenvalue weighted by Crippen LogP contribution is 2.37. The standard InChI is InChI=1S/C14H30N2O/c1-6-15-13-12(16(4)10-11-17-5)8-7-9-14(13,2)3/h12-13,15H,6-11H2,1-5H3. The Balaban J connectivity index is 2.66. The molecular weight excluding hydrogens is 212 g/mol. The van der Waals surface area contributed by atoms with E-state index >= 15 is 0 Å². The van der Waals surface area contributed by atoms with E-state index in [0.29, 0.717) is 17.5 Å². The Hall–Kier alpha value is -0.120. The lowest BCUT2D eigenvalue weighted by atomic mass is 9.70. The molecule has 0 amide bonds. The van der Waals surface area contributed by atoms with Crippen LogP contribution in [-0.4, -0.2) is 50.8 Å². The first-order chi connectivity index (χ1) is 8.03. The van der Waals surface area contributed by atoms with Crippen LogP contribution in [0.15, 0.2) is 0 Å². The highest BCUT2D eigenvalue weighted by molar-refractivity contribution is 4.97. The zero-order valence-electron chi connectivity index (χ0n) is 12.3. The Morgan fingerprint density at radius 1 is 1.41 bits per heavy atom. The Morgan fingerprint density at radius 2 is 2.12 bits per heavy atom. The van der Waals surface area contributed by atoms with Gasteiger partial charge in [0.1, 0.15) is 0 Å². The highest BCUT2D eigenvalue weighted by atomic mass is 16.5. The molecule has 0 aliphatic heterocycles. The van der Waals surface area contributed by atoms with Crippen LogP contribution in [0.25, 0.3) is 0 Å². The number of nitrogens with zero attached hydrogens (tertiary/aromatic N) is 1.